The van der Waals surface area contributed by atoms with Crippen LogP contribution in [0.4, 0.5) is 4.39 Å². The second kappa shape index (κ2) is 11.6. The Bertz CT molecular complexity index is 1520. The number of nitrogens with zero attached hydrogens (tertiary/aromatic N) is 1. The largest absolute Gasteiger partial charge is 0.422 e. The molecule has 0 heterocycles. The number of hydrazone groups is 1. The lowest BCUT2D eigenvalue weighted by atomic mass is 10.0. The Morgan fingerprint density at radius 3 is 2.46 bits per heavy atom. The minimum Gasteiger partial charge on any atom is -0.422 e. The molecular weight excluding hydrogens is 520 g/mol. The first-order valence-electron chi connectivity index (χ1n) is 10.9. The zero-order valence-electron chi connectivity index (χ0n) is 19.0. The number of fused-ring (bicyclic) bond motifs is 1. The van der Waals surface area contributed by atoms with E-state index < -0.39 is 23.6 Å². The Labute approximate surface area is 220 Å². The third-order valence-corrected chi connectivity index (χ3v) is 5.73. The van der Waals surface area contributed by atoms with Gasteiger partial charge in [-0.3, -0.25) is 9.59 Å². The summed E-state index contributed by atoms with van der Waals surface area (Å²) in [7, 11) is 0. The van der Waals surface area contributed by atoms with E-state index in [1.165, 1.54) is 36.5 Å². The van der Waals surface area contributed by atoms with Gasteiger partial charge in [0, 0.05) is 16.1 Å². The molecule has 2 amide bonds. The Morgan fingerprint density at radius 2 is 1.70 bits per heavy atom. The summed E-state index contributed by atoms with van der Waals surface area (Å²) >= 11 is 12.0. The molecule has 10 heteroatoms. The lowest BCUT2D eigenvalue weighted by Crippen LogP contribution is -2.34. The molecule has 0 fully saturated rings. The number of hydrogen-bond donors (Lipinski definition) is 2. The molecule has 0 atom stereocenters. The molecule has 0 aliphatic carbocycles. The smallest absolute Gasteiger partial charge is 0.345 e. The first-order chi connectivity index (χ1) is 17.8. The normalized spacial score (nSPS) is 10.9. The Hall–Kier alpha value is -4.27. The molecule has 0 aliphatic heterocycles. The monoisotopic (exact) mass is 537 g/mol. The van der Waals surface area contributed by atoms with Gasteiger partial charge in [-0.1, -0.05) is 53.5 Å². The summed E-state index contributed by atoms with van der Waals surface area (Å²) in [5, 5.41) is 8.48. The Balaban J connectivity index is 1.48. The van der Waals surface area contributed by atoms with Gasteiger partial charge in [-0.2, -0.15) is 5.10 Å². The SMILES string of the molecule is O=C(CNC(=O)c1ccc(F)cc1)NN=Cc1c(OC(=O)c2ccc(Cl)cc2Cl)ccc2ccccc12. The van der Waals surface area contributed by atoms with Crippen molar-refractivity contribution in [1.82, 2.24) is 10.7 Å². The van der Waals surface area contributed by atoms with Gasteiger partial charge in [0.05, 0.1) is 23.3 Å². The van der Waals surface area contributed by atoms with E-state index in [0.717, 1.165) is 22.9 Å². The summed E-state index contributed by atoms with van der Waals surface area (Å²) in [5.74, 6) is -2.11. The van der Waals surface area contributed by atoms with Crippen LogP contribution < -0.4 is 15.5 Å². The van der Waals surface area contributed by atoms with Crippen molar-refractivity contribution in [3.8, 4) is 5.75 Å². The maximum absolute atomic E-state index is 13.0. The molecule has 4 aromatic rings. The third kappa shape index (κ3) is 6.49. The molecule has 4 aromatic carbocycles. The predicted octanol–water partition coefficient (Wildman–Crippen LogP) is 5.39. The number of benzene rings is 4. The molecule has 0 bridgehead atoms. The van der Waals surface area contributed by atoms with Crippen LogP contribution in [0.3, 0.4) is 0 Å². The predicted molar refractivity (Wildman–Crippen MR) is 140 cm³/mol. The molecule has 37 heavy (non-hydrogen) atoms. The average Bonchev–Trinajstić information content (AvgIpc) is 2.88. The van der Waals surface area contributed by atoms with Crippen LogP contribution in [0.1, 0.15) is 26.3 Å². The zero-order chi connectivity index (χ0) is 26.4. The van der Waals surface area contributed by atoms with Gasteiger partial charge in [-0.15, -0.1) is 0 Å². The van der Waals surface area contributed by atoms with Crippen molar-refractivity contribution < 1.29 is 23.5 Å². The third-order valence-electron chi connectivity index (χ3n) is 5.18. The maximum atomic E-state index is 13.0. The quantitative estimate of drug-likeness (QED) is 0.143. The topological polar surface area (TPSA) is 96.9 Å². The fourth-order valence-corrected chi connectivity index (χ4v) is 3.87. The summed E-state index contributed by atoms with van der Waals surface area (Å²) in [5.41, 5.74) is 3.10. The Kier molecular flexibility index (Phi) is 8.12. The van der Waals surface area contributed by atoms with Gasteiger partial charge in [0.1, 0.15) is 11.6 Å². The summed E-state index contributed by atoms with van der Waals surface area (Å²) < 4.78 is 18.6. The fourth-order valence-electron chi connectivity index (χ4n) is 3.38. The lowest BCUT2D eigenvalue weighted by molar-refractivity contribution is -0.120. The van der Waals surface area contributed by atoms with Gasteiger partial charge < -0.3 is 10.1 Å². The van der Waals surface area contributed by atoms with Crippen LogP contribution in [-0.2, 0) is 4.79 Å². The van der Waals surface area contributed by atoms with Crippen LogP contribution >= 0.6 is 23.2 Å². The van der Waals surface area contributed by atoms with E-state index in [2.05, 4.69) is 15.8 Å². The highest BCUT2D eigenvalue weighted by atomic mass is 35.5. The molecule has 0 aliphatic rings. The van der Waals surface area contributed by atoms with Gasteiger partial charge in [-0.05, 0) is 59.3 Å². The number of carbonyl (C=O) groups is 3. The molecule has 0 radical (unpaired) electrons. The van der Waals surface area contributed by atoms with Crippen molar-refractivity contribution >= 4 is 58.0 Å². The molecule has 2 N–H and O–H groups in total. The minimum absolute atomic E-state index is 0.132. The highest BCUT2D eigenvalue weighted by Crippen LogP contribution is 2.29. The van der Waals surface area contributed by atoms with Gasteiger partial charge in [0.2, 0.25) is 0 Å². The number of esters is 1. The van der Waals surface area contributed by atoms with E-state index in [1.54, 1.807) is 12.1 Å². The summed E-state index contributed by atoms with van der Waals surface area (Å²) in [6.07, 6.45) is 1.34. The number of carbonyl (C=O) groups excluding carboxylic acids is 3. The summed E-state index contributed by atoms with van der Waals surface area (Å²) in [6.45, 7) is -0.361. The highest BCUT2D eigenvalue weighted by Gasteiger charge is 2.16. The maximum Gasteiger partial charge on any atom is 0.345 e. The number of ether oxygens (including phenoxy) is 1. The number of rotatable bonds is 7. The van der Waals surface area contributed by atoms with E-state index in [4.69, 9.17) is 27.9 Å². The van der Waals surface area contributed by atoms with Gasteiger partial charge in [-0.25, -0.2) is 14.6 Å². The second-order valence-corrected chi connectivity index (χ2v) is 8.54. The average molecular weight is 538 g/mol. The summed E-state index contributed by atoms with van der Waals surface area (Å²) in [6, 6.07) is 20.1. The Morgan fingerprint density at radius 1 is 0.946 bits per heavy atom. The van der Waals surface area contributed by atoms with Crippen molar-refractivity contribution in [3.05, 3.63) is 111 Å². The molecule has 186 valence electrons. The van der Waals surface area contributed by atoms with Crippen molar-refractivity contribution in [2.24, 2.45) is 5.10 Å². The minimum atomic E-state index is -0.695. The van der Waals surface area contributed by atoms with Crippen LogP contribution in [0.5, 0.6) is 5.75 Å². The van der Waals surface area contributed by atoms with Gasteiger partial charge in [0.25, 0.3) is 11.8 Å². The number of hydrogen-bond acceptors (Lipinski definition) is 5. The summed E-state index contributed by atoms with van der Waals surface area (Å²) in [4.78, 5) is 37.1. The molecule has 0 saturated carbocycles. The van der Waals surface area contributed by atoms with Crippen molar-refractivity contribution in [2.45, 2.75) is 0 Å². The zero-order valence-corrected chi connectivity index (χ0v) is 20.5. The van der Waals surface area contributed by atoms with Crippen LogP contribution in [0.2, 0.25) is 10.0 Å². The molecule has 0 aromatic heterocycles. The standard InChI is InChI=1S/C27H18Cl2FN3O4/c28-18-8-11-21(23(29)13-18)27(36)37-24-12-7-16-3-1-2-4-20(16)22(24)14-32-33-25(34)15-31-26(35)17-5-9-19(30)10-6-17/h1-14H,15H2,(H,31,35)(H,33,34). The number of halogens is 3. The molecule has 0 spiro atoms. The molecule has 4 rings (SSSR count). The molecule has 0 unspecified atom stereocenters. The van der Waals surface area contributed by atoms with E-state index >= 15 is 0 Å². The van der Waals surface area contributed by atoms with E-state index in [9.17, 15) is 18.8 Å². The molecular formula is C27H18Cl2FN3O4. The van der Waals surface area contributed by atoms with E-state index in [-0.39, 0.29) is 28.4 Å². The van der Waals surface area contributed by atoms with Crippen molar-refractivity contribution in [2.75, 3.05) is 6.54 Å². The first-order valence-corrected chi connectivity index (χ1v) is 11.6. The van der Waals surface area contributed by atoms with Crippen LogP contribution in [-0.4, -0.2) is 30.5 Å². The van der Waals surface area contributed by atoms with Gasteiger partial charge in [0.15, 0.2) is 0 Å². The fraction of sp³-hybridized carbons (Fsp3) is 0.0370. The van der Waals surface area contributed by atoms with E-state index in [0.29, 0.717) is 10.6 Å². The van der Waals surface area contributed by atoms with Gasteiger partial charge >= 0.3 is 5.97 Å². The number of nitrogens with one attached hydrogen (secondary N) is 2. The van der Waals surface area contributed by atoms with Crippen molar-refractivity contribution in [1.29, 1.82) is 0 Å². The first kappa shape index (κ1) is 25.8. The highest BCUT2D eigenvalue weighted by molar-refractivity contribution is 6.36. The number of amides is 2. The second-order valence-electron chi connectivity index (χ2n) is 7.69. The van der Waals surface area contributed by atoms with E-state index in [1.807, 2.05) is 24.3 Å². The van der Waals surface area contributed by atoms with Crippen LogP contribution in [0, 0.1) is 5.82 Å². The lowest BCUT2D eigenvalue weighted by Gasteiger charge is -2.11. The van der Waals surface area contributed by atoms with Crippen LogP contribution in [0.15, 0.2) is 84.0 Å². The molecule has 7 nitrogen and oxygen atoms in total. The van der Waals surface area contributed by atoms with Crippen molar-refractivity contribution in [3.63, 3.8) is 0 Å². The van der Waals surface area contributed by atoms with Crippen LogP contribution in [0.25, 0.3) is 10.8 Å². The molecule has 0 saturated heterocycles.